The van der Waals surface area contributed by atoms with Gasteiger partial charge in [-0.25, -0.2) is 4.79 Å². The molecule has 0 aliphatic carbocycles. The zero-order valence-electron chi connectivity index (χ0n) is 18.8. The van der Waals surface area contributed by atoms with Crippen molar-refractivity contribution in [1.29, 1.82) is 0 Å². The Hall–Kier alpha value is -2.93. The summed E-state index contributed by atoms with van der Waals surface area (Å²) in [6.45, 7) is 9.20. The lowest BCUT2D eigenvalue weighted by atomic mass is 10.1. The van der Waals surface area contributed by atoms with Crippen LogP contribution in [0.3, 0.4) is 0 Å². The van der Waals surface area contributed by atoms with E-state index < -0.39 is 6.09 Å². The molecule has 2 atom stereocenters. The number of hydrogen-bond acceptors (Lipinski definition) is 6. The number of ether oxygens (including phenoxy) is 3. The molecule has 2 unspecified atom stereocenters. The van der Waals surface area contributed by atoms with E-state index in [1.165, 1.54) is 38.0 Å². The number of fused-ring (bicyclic) bond motifs is 1. The highest BCUT2D eigenvalue weighted by atomic mass is 16.7. The Labute approximate surface area is 189 Å². The first-order chi connectivity index (χ1) is 15.5. The van der Waals surface area contributed by atoms with Crippen molar-refractivity contribution in [2.24, 2.45) is 5.92 Å². The molecule has 2 aromatic carbocycles. The molecule has 5 rings (SSSR count). The average Bonchev–Trinajstić information content (AvgIpc) is 3.51. The van der Waals surface area contributed by atoms with E-state index in [0.29, 0.717) is 17.2 Å². The standard InChI is InChI=1S/C25H31N3O4/c1-17-12-20(28-11-9-19(15-28)14-27-10-3-4-18(27)2)5-7-22(17)26-25(29)32-21-6-8-23-24(13-21)31-16-30-23/h5-8,12-13,18-19H,3-4,9-11,14-16H2,1-2H3,(H,26,29). The SMILES string of the molecule is Cc1cc(N2CCC(CN3CCCC3C)C2)ccc1NC(=O)Oc1ccc2c(c1)OCO2. The van der Waals surface area contributed by atoms with Crippen LogP contribution >= 0.6 is 0 Å². The molecule has 0 bridgehead atoms. The van der Waals surface area contributed by atoms with Gasteiger partial charge in [-0.05, 0) is 81.5 Å². The van der Waals surface area contributed by atoms with Crippen molar-refractivity contribution < 1.29 is 19.0 Å². The molecule has 0 aromatic heterocycles. The van der Waals surface area contributed by atoms with Gasteiger partial charge in [0.05, 0.1) is 0 Å². The quantitative estimate of drug-likeness (QED) is 0.735. The third kappa shape index (κ3) is 4.48. The number of hydrogen-bond donors (Lipinski definition) is 1. The van der Waals surface area contributed by atoms with Crippen molar-refractivity contribution in [1.82, 2.24) is 4.90 Å². The van der Waals surface area contributed by atoms with E-state index >= 15 is 0 Å². The Balaban J connectivity index is 1.17. The second-order valence-corrected chi connectivity index (χ2v) is 9.12. The average molecular weight is 438 g/mol. The van der Waals surface area contributed by atoms with Crippen molar-refractivity contribution in [3.63, 3.8) is 0 Å². The van der Waals surface area contributed by atoms with E-state index in [9.17, 15) is 4.79 Å². The fourth-order valence-electron chi connectivity index (χ4n) is 4.98. The van der Waals surface area contributed by atoms with Crippen LogP contribution in [0, 0.1) is 12.8 Å². The minimum Gasteiger partial charge on any atom is -0.454 e. The van der Waals surface area contributed by atoms with Crippen molar-refractivity contribution in [3.8, 4) is 17.2 Å². The third-order valence-corrected chi connectivity index (χ3v) is 6.84. The maximum absolute atomic E-state index is 12.4. The predicted octanol–water partition coefficient (Wildman–Crippen LogP) is 4.65. The summed E-state index contributed by atoms with van der Waals surface area (Å²) in [7, 11) is 0. The maximum Gasteiger partial charge on any atom is 0.417 e. The van der Waals surface area contributed by atoms with Crippen LogP contribution in [0.25, 0.3) is 0 Å². The summed E-state index contributed by atoms with van der Waals surface area (Å²) in [6, 6.07) is 12.0. The van der Waals surface area contributed by atoms with Gasteiger partial charge in [0.2, 0.25) is 6.79 Å². The minimum absolute atomic E-state index is 0.186. The van der Waals surface area contributed by atoms with Gasteiger partial charge in [0, 0.05) is 43.1 Å². The Morgan fingerprint density at radius 2 is 2.00 bits per heavy atom. The number of nitrogens with zero attached hydrogens (tertiary/aromatic N) is 2. The van der Waals surface area contributed by atoms with E-state index in [-0.39, 0.29) is 6.79 Å². The fourth-order valence-corrected chi connectivity index (χ4v) is 4.98. The van der Waals surface area contributed by atoms with Crippen molar-refractivity contribution >= 4 is 17.5 Å². The number of amides is 1. The summed E-state index contributed by atoms with van der Waals surface area (Å²) in [4.78, 5) is 17.5. The van der Waals surface area contributed by atoms with E-state index in [2.05, 4.69) is 34.2 Å². The van der Waals surface area contributed by atoms with Gasteiger partial charge in [-0.1, -0.05) is 0 Å². The number of carbonyl (C=O) groups excluding carboxylic acids is 1. The molecule has 0 spiro atoms. The first kappa shape index (κ1) is 20.9. The summed E-state index contributed by atoms with van der Waals surface area (Å²) in [5.74, 6) is 2.38. The van der Waals surface area contributed by atoms with Crippen LogP contribution in [0.5, 0.6) is 17.2 Å². The lowest BCUT2D eigenvalue weighted by Gasteiger charge is -2.25. The fraction of sp³-hybridized carbons (Fsp3) is 0.480. The molecule has 3 aliphatic heterocycles. The number of carbonyl (C=O) groups is 1. The van der Waals surface area contributed by atoms with E-state index in [4.69, 9.17) is 14.2 Å². The molecule has 0 saturated carbocycles. The summed E-state index contributed by atoms with van der Waals surface area (Å²) in [6.07, 6.45) is 3.38. The predicted molar refractivity (Wildman–Crippen MR) is 124 cm³/mol. The molecular formula is C25H31N3O4. The zero-order chi connectivity index (χ0) is 22.1. The summed E-state index contributed by atoms with van der Waals surface area (Å²) in [5, 5.41) is 2.85. The molecule has 3 heterocycles. The van der Waals surface area contributed by atoms with Crippen LogP contribution in [0.1, 0.15) is 31.7 Å². The Kier molecular flexibility index (Phi) is 5.83. The van der Waals surface area contributed by atoms with Gasteiger partial charge in [-0.15, -0.1) is 0 Å². The lowest BCUT2D eigenvalue weighted by Crippen LogP contribution is -2.33. The Bertz CT molecular complexity index is 995. The molecule has 170 valence electrons. The summed E-state index contributed by atoms with van der Waals surface area (Å²) < 4.78 is 16.0. The number of nitrogens with one attached hydrogen (secondary N) is 1. The topological polar surface area (TPSA) is 63.3 Å². The monoisotopic (exact) mass is 437 g/mol. The molecule has 1 amide bonds. The molecular weight excluding hydrogens is 406 g/mol. The molecule has 2 aromatic rings. The van der Waals surface area contributed by atoms with Gasteiger partial charge in [0.25, 0.3) is 0 Å². The van der Waals surface area contributed by atoms with Crippen molar-refractivity contribution in [2.75, 3.05) is 43.2 Å². The molecule has 2 fully saturated rings. The van der Waals surface area contributed by atoms with E-state index in [1.54, 1.807) is 18.2 Å². The van der Waals surface area contributed by atoms with E-state index in [0.717, 1.165) is 36.3 Å². The normalized spacial score (nSPS) is 22.4. The maximum atomic E-state index is 12.4. The molecule has 3 aliphatic rings. The van der Waals surface area contributed by atoms with Crippen molar-refractivity contribution in [2.45, 2.75) is 39.2 Å². The first-order valence-corrected chi connectivity index (χ1v) is 11.5. The van der Waals surface area contributed by atoms with Crippen LogP contribution in [0.4, 0.5) is 16.2 Å². The van der Waals surface area contributed by atoms with Crippen LogP contribution in [-0.4, -0.2) is 50.0 Å². The second kappa shape index (κ2) is 8.90. The van der Waals surface area contributed by atoms with Gasteiger partial charge in [0.1, 0.15) is 5.75 Å². The molecule has 0 radical (unpaired) electrons. The number of rotatable bonds is 5. The smallest absolute Gasteiger partial charge is 0.417 e. The summed E-state index contributed by atoms with van der Waals surface area (Å²) >= 11 is 0. The van der Waals surface area contributed by atoms with Gasteiger partial charge < -0.3 is 24.0 Å². The van der Waals surface area contributed by atoms with Gasteiger partial charge in [0.15, 0.2) is 11.5 Å². The van der Waals surface area contributed by atoms with Gasteiger partial charge >= 0.3 is 6.09 Å². The minimum atomic E-state index is -0.527. The first-order valence-electron chi connectivity index (χ1n) is 11.5. The van der Waals surface area contributed by atoms with Crippen molar-refractivity contribution in [3.05, 3.63) is 42.0 Å². The molecule has 32 heavy (non-hydrogen) atoms. The van der Waals surface area contributed by atoms with Crippen LogP contribution in [0.15, 0.2) is 36.4 Å². The molecule has 1 N–H and O–H groups in total. The highest BCUT2D eigenvalue weighted by Crippen LogP contribution is 2.35. The summed E-state index contributed by atoms with van der Waals surface area (Å²) in [5.41, 5.74) is 2.98. The van der Waals surface area contributed by atoms with Gasteiger partial charge in [-0.2, -0.15) is 0 Å². The highest BCUT2D eigenvalue weighted by molar-refractivity contribution is 5.87. The molecule has 7 heteroatoms. The zero-order valence-corrected chi connectivity index (χ0v) is 18.8. The van der Waals surface area contributed by atoms with E-state index in [1.807, 2.05) is 13.0 Å². The Morgan fingerprint density at radius 1 is 1.12 bits per heavy atom. The lowest BCUT2D eigenvalue weighted by molar-refractivity contribution is 0.174. The number of anilines is 2. The number of benzene rings is 2. The second-order valence-electron chi connectivity index (χ2n) is 9.12. The van der Waals surface area contributed by atoms with Crippen LogP contribution in [0.2, 0.25) is 0 Å². The van der Waals surface area contributed by atoms with Gasteiger partial charge in [-0.3, -0.25) is 5.32 Å². The largest absolute Gasteiger partial charge is 0.454 e. The Morgan fingerprint density at radius 3 is 2.81 bits per heavy atom. The third-order valence-electron chi connectivity index (χ3n) is 6.84. The molecule has 7 nitrogen and oxygen atoms in total. The van der Waals surface area contributed by atoms with Crippen LogP contribution < -0.4 is 24.4 Å². The number of likely N-dealkylation sites (tertiary alicyclic amines) is 1. The number of aryl methyl sites for hydroxylation is 1. The molecule has 2 saturated heterocycles. The van der Waals surface area contributed by atoms with Crippen LogP contribution in [-0.2, 0) is 0 Å². The highest BCUT2D eigenvalue weighted by Gasteiger charge is 2.28.